The average Bonchev–Trinajstić information content (AvgIpc) is 3.38. The number of aryl methyl sites for hydroxylation is 1. The van der Waals surface area contributed by atoms with Crippen LogP contribution in [0.2, 0.25) is 0 Å². The van der Waals surface area contributed by atoms with Gasteiger partial charge in [-0.05, 0) is 74.4 Å². The molecule has 28 heavy (non-hydrogen) atoms. The molecule has 2 aliphatic carbocycles. The van der Waals surface area contributed by atoms with E-state index in [1.807, 2.05) is 19.1 Å². The molecular weight excluding hydrogens is 354 g/mol. The van der Waals surface area contributed by atoms with Crippen LogP contribution in [0.5, 0.6) is 5.75 Å². The summed E-state index contributed by atoms with van der Waals surface area (Å²) >= 11 is 0. The van der Waals surface area contributed by atoms with Crippen molar-refractivity contribution in [2.24, 2.45) is 23.7 Å². The molecule has 2 aromatic carbocycles. The summed E-state index contributed by atoms with van der Waals surface area (Å²) in [7, 11) is 0. The number of hydrogen-bond acceptors (Lipinski definition) is 4. The fourth-order valence-corrected chi connectivity index (χ4v) is 5.18. The third-order valence-electron chi connectivity index (χ3n) is 6.52. The number of fused-ring (bicyclic) bond motifs is 5. The number of benzene rings is 2. The molecule has 2 aromatic rings. The van der Waals surface area contributed by atoms with Gasteiger partial charge in [0.25, 0.3) is 0 Å². The van der Waals surface area contributed by atoms with Crippen molar-refractivity contribution in [2.75, 3.05) is 4.90 Å². The first-order chi connectivity index (χ1) is 13.5. The zero-order valence-electron chi connectivity index (χ0n) is 15.6. The normalized spacial score (nSPS) is 28.0. The van der Waals surface area contributed by atoms with E-state index >= 15 is 0 Å². The van der Waals surface area contributed by atoms with Crippen LogP contribution in [0.1, 0.15) is 35.2 Å². The molecule has 1 saturated heterocycles. The van der Waals surface area contributed by atoms with Crippen molar-refractivity contribution in [3.05, 3.63) is 59.7 Å². The quantitative estimate of drug-likeness (QED) is 0.466. The molecule has 5 rings (SSSR count). The molecule has 5 heteroatoms. The Bertz CT molecular complexity index is 935. The molecule has 0 unspecified atom stereocenters. The fourth-order valence-electron chi connectivity index (χ4n) is 5.18. The number of amides is 2. The smallest absolute Gasteiger partial charge is 0.343 e. The van der Waals surface area contributed by atoms with Gasteiger partial charge in [-0.1, -0.05) is 17.7 Å². The van der Waals surface area contributed by atoms with Crippen LogP contribution in [0.3, 0.4) is 0 Å². The molecule has 3 fully saturated rings. The summed E-state index contributed by atoms with van der Waals surface area (Å²) in [4.78, 5) is 39.4. The van der Waals surface area contributed by atoms with Gasteiger partial charge in [0.1, 0.15) is 5.75 Å². The molecule has 2 bridgehead atoms. The Balaban J connectivity index is 1.34. The van der Waals surface area contributed by atoms with E-state index in [2.05, 4.69) is 0 Å². The molecule has 2 amide bonds. The van der Waals surface area contributed by atoms with Crippen LogP contribution in [0.25, 0.3) is 0 Å². The molecule has 1 aliphatic heterocycles. The van der Waals surface area contributed by atoms with Crippen molar-refractivity contribution in [2.45, 2.75) is 26.2 Å². The van der Waals surface area contributed by atoms with E-state index in [1.165, 1.54) is 4.90 Å². The van der Waals surface area contributed by atoms with Gasteiger partial charge in [0.2, 0.25) is 11.8 Å². The maximum atomic E-state index is 12.9. The molecule has 0 radical (unpaired) electrons. The summed E-state index contributed by atoms with van der Waals surface area (Å²) in [6, 6.07) is 13.8. The summed E-state index contributed by atoms with van der Waals surface area (Å²) in [6.45, 7) is 1.96. The molecule has 1 heterocycles. The molecule has 0 spiro atoms. The lowest BCUT2D eigenvalue weighted by Crippen LogP contribution is -2.32. The van der Waals surface area contributed by atoms with E-state index in [9.17, 15) is 14.4 Å². The highest BCUT2D eigenvalue weighted by atomic mass is 16.5. The third kappa shape index (κ3) is 2.57. The number of hydrogen-bond donors (Lipinski definition) is 0. The predicted molar refractivity (Wildman–Crippen MR) is 103 cm³/mol. The lowest BCUT2D eigenvalue weighted by atomic mass is 9.81. The standard InChI is InChI=1S/C23H21NO4/c1-13-2-10-18(11-3-13)28-23(27)14-6-8-17(9-7-14)24-21(25)19-15-4-5-16(12-15)20(19)22(24)26/h2-3,6-11,15-16,19-20H,4-5,12H2,1H3/t15-,16-,19+,20+/m0/s1. The number of carbonyl (C=O) groups excluding carboxylic acids is 3. The topological polar surface area (TPSA) is 63.7 Å². The lowest BCUT2D eigenvalue weighted by Gasteiger charge is -2.19. The number of carbonyl (C=O) groups is 3. The number of anilines is 1. The minimum Gasteiger partial charge on any atom is -0.423 e. The third-order valence-corrected chi connectivity index (χ3v) is 6.52. The summed E-state index contributed by atoms with van der Waals surface area (Å²) < 4.78 is 5.37. The van der Waals surface area contributed by atoms with Crippen LogP contribution >= 0.6 is 0 Å². The summed E-state index contributed by atoms with van der Waals surface area (Å²) in [6.07, 6.45) is 3.13. The molecule has 2 saturated carbocycles. The Labute approximate surface area is 163 Å². The molecule has 142 valence electrons. The molecule has 0 aromatic heterocycles. The number of imide groups is 1. The number of esters is 1. The maximum Gasteiger partial charge on any atom is 0.343 e. The minimum absolute atomic E-state index is 0.0721. The Hall–Kier alpha value is -2.95. The second kappa shape index (κ2) is 6.30. The zero-order chi connectivity index (χ0) is 19.4. The fraction of sp³-hybridized carbons (Fsp3) is 0.348. The highest BCUT2D eigenvalue weighted by Crippen LogP contribution is 2.56. The van der Waals surface area contributed by atoms with Gasteiger partial charge in [0.15, 0.2) is 0 Å². The van der Waals surface area contributed by atoms with Gasteiger partial charge < -0.3 is 4.74 Å². The molecule has 0 N–H and O–H groups in total. The first kappa shape index (κ1) is 17.2. The molecule has 5 nitrogen and oxygen atoms in total. The van der Waals surface area contributed by atoms with Gasteiger partial charge >= 0.3 is 5.97 Å². The van der Waals surface area contributed by atoms with Gasteiger partial charge in [-0.3, -0.25) is 14.5 Å². The van der Waals surface area contributed by atoms with E-state index in [4.69, 9.17) is 4.74 Å². The highest BCUT2D eigenvalue weighted by Gasteiger charge is 2.61. The first-order valence-corrected chi connectivity index (χ1v) is 9.79. The Morgan fingerprint density at radius 1 is 0.893 bits per heavy atom. The van der Waals surface area contributed by atoms with E-state index in [0.717, 1.165) is 24.8 Å². The second-order valence-corrected chi connectivity index (χ2v) is 8.15. The van der Waals surface area contributed by atoms with E-state index in [0.29, 0.717) is 28.8 Å². The van der Waals surface area contributed by atoms with Gasteiger partial charge in [0, 0.05) is 0 Å². The summed E-state index contributed by atoms with van der Waals surface area (Å²) in [5.74, 6) is 0.307. The average molecular weight is 375 g/mol. The Kier molecular flexibility index (Phi) is 3.86. The number of ether oxygens (including phenoxy) is 1. The van der Waals surface area contributed by atoms with Gasteiger partial charge in [-0.25, -0.2) is 4.79 Å². The maximum absolute atomic E-state index is 12.9. The number of nitrogens with zero attached hydrogens (tertiary/aromatic N) is 1. The van der Waals surface area contributed by atoms with Crippen LogP contribution in [0, 0.1) is 30.6 Å². The van der Waals surface area contributed by atoms with Crippen LogP contribution in [0.4, 0.5) is 5.69 Å². The predicted octanol–water partition coefficient (Wildman–Crippen LogP) is 3.75. The van der Waals surface area contributed by atoms with E-state index in [1.54, 1.807) is 36.4 Å². The molecule has 4 atom stereocenters. The van der Waals surface area contributed by atoms with Crippen molar-refractivity contribution in [3.8, 4) is 5.75 Å². The van der Waals surface area contributed by atoms with Crippen LogP contribution in [-0.2, 0) is 9.59 Å². The molecule has 3 aliphatic rings. The first-order valence-electron chi connectivity index (χ1n) is 9.79. The van der Waals surface area contributed by atoms with Crippen LogP contribution in [0.15, 0.2) is 48.5 Å². The van der Waals surface area contributed by atoms with E-state index in [-0.39, 0.29) is 23.7 Å². The van der Waals surface area contributed by atoms with Crippen molar-refractivity contribution in [1.29, 1.82) is 0 Å². The summed E-state index contributed by atoms with van der Waals surface area (Å²) in [5, 5.41) is 0. The van der Waals surface area contributed by atoms with Gasteiger partial charge in [-0.15, -0.1) is 0 Å². The van der Waals surface area contributed by atoms with Gasteiger partial charge in [0.05, 0.1) is 23.1 Å². The van der Waals surface area contributed by atoms with E-state index < -0.39 is 5.97 Å². The van der Waals surface area contributed by atoms with Crippen LogP contribution in [-0.4, -0.2) is 17.8 Å². The Morgan fingerprint density at radius 2 is 1.46 bits per heavy atom. The van der Waals surface area contributed by atoms with Gasteiger partial charge in [-0.2, -0.15) is 0 Å². The van der Waals surface area contributed by atoms with Crippen molar-refractivity contribution >= 4 is 23.5 Å². The van der Waals surface area contributed by atoms with Crippen molar-refractivity contribution in [3.63, 3.8) is 0 Å². The van der Waals surface area contributed by atoms with Crippen molar-refractivity contribution in [1.82, 2.24) is 0 Å². The largest absolute Gasteiger partial charge is 0.423 e. The second-order valence-electron chi connectivity index (χ2n) is 8.15. The Morgan fingerprint density at radius 3 is 2.04 bits per heavy atom. The SMILES string of the molecule is Cc1ccc(OC(=O)c2ccc(N3C(=O)[C@@H]4[C@H]5CC[C@@H](C5)[C@H]4C3=O)cc2)cc1. The monoisotopic (exact) mass is 375 g/mol. The molecular formula is C23H21NO4. The number of rotatable bonds is 3. The zero-order valence-corrected chi connectivity index (χ0v) is 15.6. The lowest BCUT2D eigenvalue weighted by molar-refractivity contribution is -0.123. The minimum atomic E-state index is -0.468. The summed E-state index contributed by atoms with van der Waals surface area (Å²) in [5.41, 5.74) is 2.00. The highest BCUT2D eigenvalue weighted by molar-refractivity contribution is 6.22. The van der Waals surface area contributed by atoms with Crippen LogP contribution < -0.4 is 9.64 Å². The van der Waals surface area contributed by atoms with Crippen molar-refractivity contribution < 1.29 is 19.1 Å².